The van der Waals surface area contributed by atoms with E-state index in [1.54, 1.807) is 0 Å². The third-order valence-corrected chi connectivity index (χ3v) is 3.11. The van der Waals surface area contributed by atoms with Crippen LogP contribution >= 0.6 is 11.6 Å². The van der Waals surface area contributed by atoms with Crippen LogP contribution < -0.4 is 14.8 Å². The standard InChI is InChI=1S/C15H20ClNO5/c1-9(2)4-5-22-14-11(16)6-10(7-12(14)21-3)15(20)17-8-13(18)19/h6-7,9H,4-5,8H2,1-3H3,(H,17,20)(H,18,19). The smallest absolute Gasteiger partial charge is 0.322 e. The summed E-state index contributed by atoms with van der Waals surface area (Å²) in [4.78, 5) is 22.3. The van der Waals surface area contributed by atoms with E-state index in [1.165, 1.54) is 19.2 Å². The Labute approximate surface area is 134 Å². The third kappa shape index (κ3) is 5.44. The summed E-state index contributed by atoms with van der Waals surface area (Å²) >= 11 is 6.13. The van der Waals surface area contributed by atoms with Crippen molar-refractivity contribution in [2.75, 3.05) is 20.3 Å². The molecule has 0 atom stereocenters. The number of hydrogen-bond donors (Lipinski definition) is 2. The summed E-state index contributed by atoms with van der Waals surface area (Å²) in [7, 11) is 1.44. The highest BCUT2D eigenvalue weighted by atomic mass is 35.5. The van der Waals surface area contributed by atoms with E-state index in [-0.39, 0.29) is 10.6 Å². The molecule has 0 aromatic heterocycles. The molecular formula is C15H20ClNO5. The van der Waals surface area contributed by atoms with Crippen LogP contribution in [0.25, 0.3) is 0 Å². The van der Waals surface area contributed by atoms with Crippen molar-refractivity contribution in [1.82, 2.24) is 5.32 Å². The fraction of sp³-hybridized carbons (Fsp3) is 0.467. The summed E-state index contributed by atoms with van der Waals surface area (Å²) in [6.07, 6.45) is 0.861. The molecule has 0 aliphatic carbocycles. The van der Waals surface area contributed by atoms with E-state index in [9.17, 15) is 9.59 Å². The molecule has 0 heterocycles. The Morgan fingerprint density at radius 2 is 2.05 bits per heavy atom. The molecule has 1 aromatic carbocycles. The van der Waals surface area contributed by atoms with Crippen molar-refractivity contribution in [1.29, 1.82) is 0 Å². The molecule has 0 fully saturated rings. The number of carboxylic acids is 1. The molecule has 122 valence electrons. The Bertz CT molecular complexity index is 545. The van der Waals surface area contributed by atoms with Crippen molar-refractivity contribution >= 4 is 23.5 Å². The number of methoxy groups -OCH3 is 1. The molecule has 0 aliphatic heterocycles. The molecule has 7 heteroatoms. The van der Waals surface area contributed by atoms with Crippen LogP contribution in [0.15, 0.2) is 12.1 Å². The number of aliphatic carboxylic acids is 1. The highest BCUT2D eigenvalue weighted by molar-refractivity contribution is 6.32. The second kappa shape index (κ2) is 8.48. The Morgan fingerprint density at radius 1 is 1.36 bits per heavy atom. The van der Waals surface area contributed by atoms with Gasteiger partial charge in [0.25, 0.3) is 5.91 Å². The molecule has 22 heavy (non-hydrogen) atoms. The van der Waals surface area contributed by atoms with Gasteiger partial charge in [-0.25, -0.2) is 0 Å². The number of carbonyl (C=O) groups is 2. The molecule has 0 saturated heterocycles. The molecule has 0 bridgehead atoms. The van der Waals surface area contributed by atoms with Gasteiger partial charge in [-0.05, 0) is 24.5 Å². The van der Waals surface area contributed by atoms with Crippen molar-refractivity contribution in [2.45, 2.75) is 20.3 Å². The Kier molecular flexibility index (Phi) is 6.98. The van der Waals surface area contributed by atoms with E-state index in [0.29, 0.717) is 24.0 Å². The first-order valence-electron chi connectivity index (χ1n) is 6.85. The Morgan fingerprint density at radius 3 is 2.59 bits per heavy atom. The van der Waals surface area contributed by atoms with Gasteiger partial charge in [0, 0.05) is 5.56 Å². The predicted molar refractivity (Wildman–Crippen MR) is 82.9 cm³/mol. The number of carboxylic acid groups (broad SMARTS) is 1. The van der Waals surface area contributed by atoms with Gasteiger partial charge in [-0.1, -0.05) is 25.4 Å². The normalized spacial score (nSPS) is 10.4. The van der Waals surface area contributed by atoms with Gasteiger partial charge in [0.1, 0.15) is 6.54 Å². The number of carbonyl (C=O) groups excluding carboxylic acids is 1. The summed E-state index contributed by atoms with van der Waals surface area (Å²) < 4.78 is 10.8. The van der Waals surface area contributed by atoms with Crippen molar-refractivity contribution in [3.63, 3.8) is 0 Å². The number of ether oxygens (including phenoxy) is 2. The topological polar surface area (TPSA) is 84.9 Å². The maximum absolute atomic E-state index is 11.9. The van der Waals surface area contributed by atoms with Crippen LogP contribution in [0.3, 0.4) is 0 Å². The molecule has 2 N–H and O–H groups in total. The van der Waals surface area contributed by atoms with Crippen molar-refractivity contribution in [2.24, 2.45) is 5.92 Å². The van der Waals surface area contributed by atoms with Gasteiger partial charge < -0.3 is 19.9 Å². The van der Waals surface area contributed by atoms with Crippen LogP contribution in [0.4, 0.5) is 0 Å². The molecule has 1 aromatic rings. The van der Waals surface area contributed by atoms with E-state index in [0.717, 1.165) is 6.42 Å². The Balaban J connectivity index is 2.89. The lowest BCUT2D eigenvalue weighted by Crippen LogP contribution is -2.29. The van der Waals surface area contributed by atoms with Gasteiger partial charge in [-0.3, -0.25) is 9.59 Å². The number of amides is 1. The molecule has 6 nitrogen and oxygen atoms in total. The van der Waals surface area contributed by atoms with Crippen LogP contribution in [0.2, 0.25) is 5.02 Å². The molecule has 1 rings (SSSR count). The van der Waals surface area contributed by atoms with E-state index in [2.05, 4.69) is 19.2 Å². The van der Waals surface area contributed by atoms with Gasteiger partial charge in [0.2, 0.25) is 0 Å². The second-order valence-corrected chi connectivity index (χ2v) is 5.50. The summed E-state index contributed by atoms with van der Waals surface area (Å²) in [5.74, 6) is -0.474. The first-order valence-corrected chi connectivity index (χ1v) is 7.23. The quantitative estimate of drug-likeness (QED) is 0.765. The van der Waals surface area contributed by atoms with E-state index < -0.39 is 18.4 Å². The van der Waals surface area contributed by atoms with Crippen molar-refractivity contribution < 1.29 is 24.2 Å². The average Bonchev–Trinajstić information content (AvgIpc) is 2.45. The van der Waals surface area contributed by atoms with Crippen LogP contribution in [0, 0.1) is 5.92 Å². The van der Waals surface area contributed by atoms with Gasteiger partial charge in [-0.2, -0.15) is 0 Å². The van der Waals surface area contributed by atoms with Gasteiger partial charge in [-0.15, -0.1) is 0 Å². The number of rotatable bonds is 8. The van der Waals surface area contributed by atoms with Crippen molar-refractivity contribution in [3.8, 4) is 11.5 Å². The lowest BCUT2D eigenvalue weighted by Gasteiger charge is -2.14. The molecule has 0 aliphatic rings. The third-order valence-electron chi connectivity index (χ3n) is 2.83. The van der Waals surface area contributed by atoms with E-state index in [4.69, 9.17) is 26.2 Å². The minimum atomic E-state index is -1.12. The van der Waals surface area contributed by atoms with Gasteiger partial charge in [0.15, 0.2) is 11.5 Å². The summed E-state index contributed by atoms with van der Waals surface area (Å²) in [6.45, 7) is 4.18. The van der Waals surface area contributed by atoms with E-state index >= 15 is 0 Å². The largest absolute Gasteiger partial charge is 0.493 e. The molecule has 0 unspecified atom stereocenters. The molecule has 1 amide bonds. The monoisotopic (exact) mass is 329 g/mol. The van der Waals surface area contributed by atoms with Gasteiger partial charge >= 0.3 is 5.97 Å². The lowest BCUT2D eigenvalue weighted by atomic mass is 10.1. The minimum Gasteiger partial charge on any atom is -0.493 e. The predicted octanol–water partition coefficient (Wildman–Crippen LogP) is 2.59. The highest BCUT2D eigenvalue weighted by Gasteiger charge is 2.16. The number of benzene rings is 1. The van der Waals surface area contributed by atoms with E-state index in [1.807, 2.05) is 0 Å². The number of halogens is 1. The zero-order valence-electron chi connectivity index (χ0n) is 12.8. The second-order valence-electron chi connectivity index (χ2n) is 5.10. The van der Waals surface area contributed by atoms with Crippen LogP contribution in [-0.4, -0.2) is 37.2 Å². The summed E-state index contributed by atoms with van der Waals surface area (Å²) in [5, 5.41) is 11.1. The zero-order chi connectivity index (χ0) is 16.7. The maximum atomic E-state index is 11.9. The molecule has 0 spiro atoms. The summed E-state index contributed by atoms with van der Waals surface area (Å²) in [5.41, 5.74) is 0.208. The number of nitrogens with one attached hydrogen (secondary N) is 1. The fourth-order valence-electron chi connectivity index (χ4n) is 1.65. The maximum Gasteiger partial charge on any atom is 0.322 e. The fourth-order valence-corrected chi connectivity index (χ4v) is 1.91. The van der Waals surface area contributed by atoms with Gasteiger partial charge in [0.05, 0.1) is 18.7 Å². The average molecular weight is 330 g/mol. The minimum absolute atomic E-state index is 0.208. The SMILES string of the molecule is COc1cc(C(=O)NCC(=O)O)cc(Cl)c1OCCC(C)C. The van der Waals surface area contributed by atoms with Crippen molar-refractivity contribution in [3.05, 3.63) is 22.7 Å². The first kappa shape index (κ1) is 18.1. The lowest BCUT2D eigenvalue weighted by molar-refractivity contribution is -0.135. The zero-order valence-corrected chi connectivity index (χ0v) is 13.6. The summed E-state index contributed by atoms with van der Waals surface area (Å²) in [6, 6.07) is 2.89. The number of hydrogen-bond acceptors (Lipinski definition) is 4. The van der Waals surface area contributed by atoms with Crippen LogP contribution in [0.5, 0.6) is 11.5 Å². The van der Waals surface area contributed by atoms with Crippen LogP contribution in [-0.2, 0) is 4.79 Å². The molecule has 0 radical (unpaired) electrons. The molecule has 0 saturated carbocycles. The molecular weight excluding hydrogens is 310 g/mol. The Hall–Kier alpha value is -1.95. The van der Waals surface area contributed by atoms with Crippen LogP contribution in [0.1, 0.15) is 30.6 Å². The first-order chi connectivity index (χ1) is 10.3. The highest BCUT2D eigenvalue weighted by Crippen LogP contribution is 2.36.